The number of para-hydroxylation sites is 1. The number of aliphatic hydroxyl groups is 1. The Labute approximate surface area is 167 Å². The van der Waals surface area contributed by atoms with Crippen molar-refractivity contribution in [2.45, 2.75) is 18.4 Å². The number of fused-ring (bicyclic) bond motifs is 1. The molecule has 1 aliphatic rings. The van der Waals surface area contributed by atoms with Crippen molar-refractivity contribution < 1.29 is 24.5 Å². The molecular formula is C22H23NO6. The lowest BCUT2D eigenvalue weighted by atomic mass is 9.89. The number of benzene rings is 2. The van der Waals surface area contributed by atoms with Crippen LogP contribution in [-0.2, 0) is 0 Å². The number of likely N-dealkylation sites (tertiary alicyclic amines) is 1. The SMILES string of the molecule is COc1ccccc1-c1cc(=O)c2c(O)cc(O)c(C3CCN(C)C3CO)c2o1. The summed E-state index contributed by atoms with van der Waals surface area (Å²) in [5.74, 6) is 0.0691. The van der Waals surface area contributed by atoms with Crippen molar-refractivity contribution >= 4 is 11.0 Å². The fraction of sp³-hybridized carbons (Fsp3) is 0.318. The van der Waals surface area contributed by atoms with Crippen molar-refractivity contribution in [2.75, 3.05) is 27.3 Å². The average molecular weight is 397 g/mol. The maximum Gasteiger partial charge on any atom is 0.197 e. The topological polar surface area (TPSA) is 103 Å². The number of rotatable bonds is 4. The van der Waals surface area contributed by atoms with Crippen LogP contribution in [0.5, 0.6) is 17.2 Å². The van der Waals surface area contributed by atoms with E-state index < -0.39 is 5.43 Å². The van der Waals surface area contributed by atoms with Gasteiger partial charge >= 0.3 is 0 Å². The second-order valence-corrected chi connectivity index (χ2v) is 7.33. The van der Waals surface area contributed by atoms with E-state index in [0.717, 1.165) is 6.54 Å². The highest BCUT2D eigenvalue weighted by Crippen LogP contribution is 2.44. The highest BCUT2D eigenvalue weighted by molar-refractivity contribution is 5.90. The zero-order chi connectivity index (χ0) is 20.7. The van der Waals surface area contributed by atoms with Gasteiger partial charge in [0.25, 0.3) is 0 Å². The Bertz CT molecular complexity index is 1120. The summed E-state index contributed by atoms with van der Waals surface area (Å²) in [5.41, 5.74) is 0.729. The molecule has 2 atom stereocenters. The van der Waals surface area contributed by atoms with Gasteiger partial charge in [0.15, 0.2) is 5.43 Å². The van der Waals surface area contributed by atoms with Crippen molar-refractivity contribution in [2.24, 2.45) is 0 Å². The van der Waals surface area contributed by atoms with Crippen molar-refractivity contribution in [3.8, 4) is 28.6 Å². The molecule has 3 aromatic rings. The molecule has 0 aliphatic carbocycles. The summed E-state index contributed by atoms with van der Waals surface area (Å²) in [6.45, 7) is 0.632. The Hall–Kier alpha value is -3.03. The molecule has 1 saturated heterocycles. The maximum absolute atomic E-state index is 12.9. The predicted octanol–water partition coefficient (Wildman–Crippen LogP) is 2.66. The number of hydrogen-bond acceptors (Lipinski definition) is 7. The summed E-state index contributed by atoms with van der Waals surface area (Å²) in [4.78, 5) is 14.9. The van der Waals surface area contributed by atoms with E-state index in [4.69, 9.17) is 9.15 Å². The van der Waals surface area contributed by atoms with Crippen LogP contribution in [0.4, 0.5) is 0 Å². The Balaban J connectivity index is 2.02. The molecule has 0 bridgehead atoms. The first-order valence-electron chi connectivity index (χ1n) is 9.43. The Morgan fingerprint density at radius 3 is 2.69 bits per heavy atom. The van der Waals surface area contributed by atoms with Crippen LogP contribution < -0.4 is 10.2 Å². The average Bonchev–Trinajstić information content (AvgIpc) is 3.07. The number of methoxy groups -OCH3 is 1. The van der Waals surface area contributed by atoms with Gasteiger partial charge < -0.3 is 29.4 Å². The minimum absolute atomic E-state index is 0.0164. The van der Waals surface area contributed by atoms with Crippen LogP contribution >= 0.6 is 0 Å². The molecule has 0 spiro atoms. The lowest BCUT2D eigenvalue weighted by Crippen LogP contribution is -2.32. The van der Waals surface area contributed by atoms with E-state index >= 15 is 0 Å². The van der Waals surface area contributed by atoms with Crippen LogP contribution in [0.3, 0.4) is 0 Å². The van der Waals surface area contributed by atoms with E-state index in [2.05, 4.69) is 0 Å². The van der Waals surface area contributed by atoms with Crippen molar-refractivity contribution in [3.63, 3.8) is 0 Å². The van der Waals surface area contributed by atoms with Crippen molar-refractivity contribution in [1.82, 2.24) is 4.90 Å². The lowest BCUT2D eigenvalue weighted by Gasteiger charge is -2.24. The molecule has 2 heterocycles. The standard InChI is InChI=1S/C22H23NO6/c1-23-8-7-12(14(23)11-24)20-15(25)9-16(26)21-17(27)10-19(29-22(20)21)13-5-3-4-6-18(13)28-2/h3-6,9-10,12,14,24-26H,7-8,11H2,1-2H3. The molecular weight excluding hydrogens is 374 g/mol. The maximum atomic E-state index is 12.9. The summed E-state index contributed by atoms with van der Waals surface area (Å²) >= 11 is 0. The third kappa shape index (κ3) is 3.12. The Morgan fingerprint density at radius 1 is 1.21 bits per heavy atom. The van der Waals surface area contributed by atoms with Gasteiger partial charge in [-0.05, 0) is 32.1 Å². The molecule has 1 fully saturated rings. The summed E-state index contributed by atoms with van der Waals surface area (Å²) in [7, 11) is 3.43. The van der Waals surface area contributed by atoms with E-state index in [9.17, 15) is 20.1 Å². The molecule has 1 aliphatic heterocycles. The normalized spacial score (nSPS) is 19.7. The lowest BCUT2D eigenvalue weighted by molar-refractivity contribution is 0.172. The number of nitrogens with zero attached hydrogens (tertiary/aromatic N) is 1. The largest absolute Gasteiger partial charge is 0.507 e. The van der Waals surface area contributed by atoms with Crippen LogP contribution in [0.15, 0.2) is 45.6 Å². The quantitative estimate of drug-likeness (QED) is 0.622. The van der Waals surface area contributed by atoms with Gasteiger partial charge in [-0.2, -0.15) is 0 Å². The summed E-state index contributed by atoms with van der Waals surface area (Å²) in [6.07, 6.45) is 0.678. The summed E-state index contributed by atoms with van der Waals surface area (Å²) in [5, 5.41) is 30.9. The van der Waals surface area contributed by atoms with Gasteiger partial charge in [0.2, 0.25) is 0 Å². The molecule has 4 rings (SSSR count). The summed E-state index contributed by atoms with van der Waals surface area (Å²) in [6, 6.07) is 9.39. The molecule has 0 radical (unpaired) electrons. The van der Waals surface area contributed by atoms with Gasteiger partial charge in [0, 0.05) is 29.7 Å². The minimum Gasteiger partial charge on any atom is -0.507 e. The van der Waals surface area contributed by atoms with Crippen LogP contribution in [0, 0.1) is 0 Å². The fourth-order valence-electron chi connectivity index (χ4n) is 4.27. The zero-order valence-electron chi connectivity index (χ0n) is 16.3. The molecule has 7 nitrogen and oxygen atoms in total. The number of phenols is 2. The van der Waals surface area contributed by atoms with Gasteiger partial charge in [0.1, 0.15) is 34.0 Å². The Morgan fingerprint density at radius 2 is 1.97 bits per heavy atom. The van der Waals surface area contributed by atoms with Gasteiger partial charge in [0.05, 0.1) is 19.3 Å². The number of likely N-dealkylation sites (N-methyl/N-ethyl adjacent to an activating group) is 1. The smallest absolute Gasteiger partial charge is 0.197 e. The zero-order valence-corrected chi connectivity index (χ0v) is 16.3. The number of ether oxygens (including phenoxy) is 1. The molecule has 2 aromatic carbocycles. The molecule has 1 aromatic heterocycles. The van der Waals surface area contributed by atoms with Gasteiger partial charge in [-0.3, -0.25) is 4.79 Å². The van der Waals surface area contributed by atoms with Crippen LogP contribution in [-0.4, -0.2) is 53.6 Å². The van der Waals surface area contributed by atoms with E-state index in [-0.39, 0.29) is 46.8 Å². The highest BCUT2D eigenvalue weighted by Gasteiger charge is 2.36. The van der Waals surface area contributed by atoms with Gasteiger partial charge in [-0.15, -0.1) is 0 Å². The van der Waals surface area contributed by atoms with E-state index in [1.165, 1.54) is 19.2 Å². The van der Waals surface area contributed by atoms with E-state index in [1.54, 1.807) is 18.2 Å². The molecule has 0 saturated carbocycles. The third-order valence-corrected chi connectivity index (χ3v) is 5.75. The number of aliphatic hydroxyl groups excluding tert-OH is 1. The van der Waals surface area contributed by atoms with Gasteiger partial charge in [-0.1, -0.05) is 12.1 Å². The van der Waals surface area contributed by atoms with Crippen LogP contribution in [0.1, 0.15) is 17.9 Å². The number of phenolic OH excluding ortho intramolecular Hbond substituents is 2. The molecule has 152 valence electrons. The second-order valence-electron chi connectivity index (χ2n) is 7.33. The van der Waals surface area contributed by atoms with Gasteiger partial charge in [-0.25, -0.2) is 0 Å². The molecule has 7 heteroatoms. The second kappa shape index (κ2) is 7.42. The number of hydrogen-bond donors (Lipinski definition) is 3. The highest BCUT2D eigenvalue weighted by atomic mass is 16.5. The predicted molar refractivity (Wildman–Crippen MR) is 109 cm³/mol. The molecule has 2 unspecified atom stereocenters. The first-order chi connectivity index (χ1) is 14.0. The summed E-state index contributed by atoms with van der Waals surface area (Å²) < 4.78 is 11.5. The van der Waals surface area contributed by atoms with Crippen molar-refractivity contribution in [3.05, 3.63) is 52.2 Å². The van der Waals surface area contributed by atoms with Crippen LogP contribution in [0.2, 0.25) is 0 Å². The van der Waals surface area contributed by atoms with E-state index in [1.807, 2.05) is 18.0 Å². The first kappa shape index (κ1) is 19.3. The minimum atomic E-state index is -0.419. The number of aromatic hydroxyl groups is 2. The third-order valence-electron chi connectivity index (χ3n) is 5.75. The fourth-order valence-corrected chi connectivity index (χ4v) is 4.27. The monoisotopic (exact) mass is 397 g/mol. The molecule has 29 heavy (non-hydrogen) atoms. The Kier molecular flexibility index (Phi) is 4.94. The van der Waals surface area contributed by atoms with E-state index in [0.29, 0.717) is 23.3 Å². The molecule has 3 N–H and O–H groups in total. The first-order valence-corrected chi connectivity index (χ1v) is 9.43. The molecule has 0 amide bonds. The van der Waals surface area contributed by atoms with Crippen LogP contribution in [0.25, 0.3) is 22.3 Å². The van der Waals surface area contributed by atoms with Crippen molar-refractivity contribution in [1.29, 1.82) is 0 Å².